The number of piperidine rings is 1. The Morgan fingerprint density at radius 1 is 1.21 bits per heavy atom. The van der Waals surface area contributed by atoms with Gasteiger partial charge in [0.15, 0.2) is 0 Å². The average Bonchev–Trinajstić information content (AvgIpc) is 3.27. The molecule has 2 heterocycles. The van der Waals surface area contributed by atoms with Gasteiger partial charge in [0.25, 0.3) is 0 Å². The molecule has 1 aromatic rings. The van der Waals surface area contributed by atoms with E-state index in [1.807, 2.05) is 12.3 Å². The first-order valence-electron chi connectivity index (χ1n) is 7.26. The van der Waals surface area contributed by atoms with Gasteiger partial charge in [0.1, 0.15) is 12.1 Å². The molecule has 0 radical (unpaired) electrons. The Hall–Kier alpha value is -1.20. The first-order chi connectivity index (χ1) is 9.38. The van der Waals surface area contributed by atoms with Gasteiger partial charge in [-0.15, -0.1) is 0 Å². The summed E-state index contributed by atoms with van der Waals surface area (Å²) in [4.78, 5) is 13.3. The normalized spacial score (nSPS) is 21.5. The molecule has 0 spiro atoms. The van der Waals surface area contributed by atoms with E-state index < -0.39 is 0 Å². The van der Waals surface area contributed by atoms with Gasteiger partial charge in [-0.25, -0.2) is 9.97 Å². The quantitative estimate of drug-likeness (QED) is 0.854. The maximum atomic E-state index is 9.00. The van der Waals surface area contributed by atoms with Crippen molar-refractivity contribution >= 4 is 5.82 Å². The van der Waals surface area contributed by atoms with Gasteiger partial charge in [0.05, 0.1) is 6.61 Å². The van der Waals surface area contributed by atoms with E-state index >= 15 is 0 Å². The van der Waals surface area contributed by atoms with Crippen molar-refractivity contribution in [2.24, 2.45) is 0 Å². The van der Waals surface area contributed by atoms with Crippen LogP contribution in [0.5, 0.6) is 0 Å². The molecule has 0 atom stereocenters. The van der Waals surface area contributed by atoms with Crippen LogP contribution in [0.25, 0.3) is 0 Å². The molecule has 1 aliphatic carbocycles. The molecule has 0 amide bonds. The van der Waals surface area contributed by atoms with E-state index in [0.29, 0.717) is 12.1 Å². The number of likely N-dealkylation sites (tertiary alicyclic amines) is 1. The van der Waals surface area contributed by atoms with Crippen molar-refractivity contribution in [2.45, 2.75) is 37.8 Å². The van der Waals surface area contributed by atoms with Crippen LogP contribution in [-0.4, -0.2) is 58.3 Å². The Labute approximate surface area is 114 Å². The lowest BCUT2D eigenvalue weighted by atomic mass is 10.0. The van der Waals surface area contributed by atoms with Crippen LogP contribution >= 0.6 is 0 Å². The molecule has 2 aliphatic rings. The number of aromatic nitrogens is 2. The van der Waals surface area contributed by atoms with E-state index in [1.165, 1.54) is 25.7 Å². The fraction of sp³-hybridized carbons (Fsp3) is 0.714. The number of β-amino-alcohol motifs (C(OH)–C–C–N with tert-alkyl or cyclic N) is 1. The number of rotatable bonds is 5. The summed E-state index contributed by atoms with van der Waals surface area (Å²) in [6, 6.07) is 3.31. The smallest absolute Gasteiger partial charge is 0.132 e. The fourth-order valence-electron chi connectivity index (χ4n) is 3.02. The van der Waals surface area contributed by atoms with Gasteiger partial charge in [-0.05, 0) is 31.7 Å². The predicted octanol–water partition coefficient (Wildman–Crippen LogP) is 0.902. The zero-order valence-electron chi connectivity index (χ0n) is 11.3. The summed E-state index contributed by atoms with van der Waals surface area (Å²) in [5.74, 6) is 1.08. The van der Waals surface area contributed by atoms with Gasteiger partial charge in [0, 0.05) is 37.9 Å². The van der Waals surface area contributed by atoms with E-state index in [0.717, 1.165) is 25.5 Å². The van der Waals surface area contributed by atoms with Gasteiger partial charge in [-0.2, -0.15) is 0 Å². The maximum Gasteiger partial charge on any atom is 0.132 e. The first kappa shape index (κ1) is 12.8. The molecule has 0 bridgehead atoms. The molecule has 1 N–H and O–H groups in total. The number of nitrogens with zero attached hydrogens (tertiary/aromatic N) is 4. The van der Waals surface area contributed by atoms with Crippen LogP contribution in [-0.2, 0) is 0 Å². The SMILES string of the molecule is OCCN1CCC(N(c2ccncn2)C2CC2)CC1. The lowest BCUT2D eigenvalue weighted by Gasteiger charge is -2.39. The molecular weight excluding hydrogens is 240 g/mol. The number of hydrogen-bond donors (Lipinski definition) is 1. The third-order valence-corrected chi connectivity index (χ3v) is 4.14. The highest BCUT2D eigenvalue weighted by Crippen LogP contribution is 2.34. The minimum absolute atomic E-state index is 0.267. The minimum atomic E-state index is 0.267. The van der Waals surface area contributed by atoms with Gasteiger partial charge in [-0.1, -0.05) is 0 Å². The Balaban J connectivity index is 1.66. The molecule has 0 unspecified atom stereocenters. The molecule has 5 heteroatoms. The molecule has 1 aliphatic heterocycles. The summed E-state index contributed by atoms with van der Waals surface area (Å²) in [5.41, 5.74) is 0. The van der Waals surface area contributed by atoms with Crippen molar-refractivity contribution < 1.29 is 5.11 Å². The largest absolute Gasteiger partial charge is 0.395 e. The highest BCUT2D eigenvalue weighted by molar-refractivity contribution is 5.41. The molecule has 3 rings (SSSR count). The highest BCUT2D eigenvalue weighted by Gasteiger charge is 2.36. The van der Waals surface area contributed by atoms with Crippen LogP contribution in [0.3, 0.4) is 0 Å². The molecule has 5 nitrogen and oxygen atoms in total. The molecule has 0 aromatic carbocycles. The summed E-state index contributed by atoms with van der Waals surface area (Å²) in [6.07, 6.45) is 8.40. The maximum absolute atomic E-state index is 9.00. The highest BCUT2D eigenvalue weighted by atomic mass is 16.3. The monoisotopic (exact) mass is 262 g/mol. The van der Waals surface area contributed by atoms with E-state index in [1.54, 1.807) is 6.33 Å². The standard InChI is InChI=1S/C14H22N4O/c19-10-9-17-7-4-13(5-8-17)18(12-1-2-12)14-3-6-15-11-16-14/h3,6,11-13,19H,1-2,4-5,7-10H2. The van der Waals surface area contributed by atoms with Gasteiger partial charge >= 0.3 is 0 Å². The summed E-state index contributed by atoms with van der Waals surface area (Å²) < 4.78 is 0. The third kappa shape index (κ3) is 3.04. The number of hydrogen-bond acceptors (Lipinski definition) is 5. The summed E-state index contributed by atoms with van der Waals surface area (Å²) in [6.45, 7) is 3.24. The average molecular weight is 262 g/mol. The molecule has 2 fully saturated rings. The van der Waals surface area contributed by atoms with Crippen molar-refractivity contribution in [3.8, 4) is 0 Å². The lowest BCUT2D eigenvalue weighted by Crippen LogP contribution is -2.47. The van der Waals surface area contributed by atoms with Crippen molar-refractivity contribution in [3.63, 3.8) is 0 Å². The van der Waals surface area contributed by atoms with Crippen LogP contribution in [0, 0.1) is 0 Å². The molecule has 1 aromatic heterocycles. The van der Waals surface area contributed by atoms with E-state index in [2.05, 4.69) is 19.8 Å². The Morgan fingerprint density at radius 2 is 1.95 bits per heavy atom. The molecule has 104 valence electrons. The van der Waals surface area contributed by atoms with Crippen LogP contribution in [0.1, 0.15) is 25.7 Å². The fourth-order valence-corrected chi connectivity index (χ4v) is 3.02. The molecule has 1 saturated heterocycles. The number of aliphatic hydroxyl groups excluding tert-OH is 1. The first-order valence-corrected chi connectivity index (χ1v) is 7.26. The molecule has 1 saturated carbocycles. The number of aliphatic hydroxyl groups is 1. The second kappa shape index (κ2) is 5.84. The van der Waals surface area contributed by atoms with Crippen molar-refractivity contribution in [1.29, 1.82) is 0 Å². The Morgan fingerprint density at radius 3 is 2.53 bits per heavy atom. The zero-order valence-corrected chi connectivity index (χ0v) is 11.3. The van der Waals surface area contributed by atoms with Crippen LogP contribution in [0.4, 0.5) is 5.82 Å². The van der Waals surface area contributed by atoms with Crippen LogP contribution in [0.15, 0.2) is 18.6 Å². The van der Waals surface area contributed by atoms with Gasteiger partial charge in [-0.3, -0.25) is 0 Å². The topological polar surface area (TPSA) is 52.5 Å². The second-order valence-electron chi connectivity index (χ2n) is 5.50. The zero-order chi connectivity index (χ0) is 13.1. The summed E-state index contributed by atoms with van der Waals surface area (Å²) in [7, 11) is 0. The Kier molecular flexibility index (Phi) is 3.94. The minimum Gasteiger partial charge on any atom is -0.395 e. The second-order valence-corrected chi connectivity index (χ2v) is 5.50. The predicted molar refractivity (Wildman–Crippen MR) is 74.1 cm³/mol. The molecule has 19 heavy (non-hydrogen) atoms. The lowest BCUT2D eigenvalue weighted by molar-refractivity contribution is 0.162. The van der Waals surface area contributed by atoms with E-state index in [9.17, 15) is 0 Å². The summed E-state index contributed by atoms with van der Waals surface area (Å²) in [5, 5.41) is 9.00. The molecular formula is C14H22N4O. The van der Waals surface area contributed by atoms with Crippen molar-refractivity contribution in [3.05, 3.63) is 18.6 Å². The number of anilines is 1. The van der Waals surface area contributed by atoms with Gasteiger partial charge in [0.2, 0.25) is 0 Å². The summed E-state index contributed by atoms with van der Waals surface area (Å²) >= 11 is 0. The van der Waals surface area contributed by atoms with Gasteiger partial charge < -0.3 is 14.9 Å². The van der Waals surface area contributed by atoms with E-state index in [-0.39, 0.29) is 6.61 Å². The van der Waals surface area contributed by atoms with Crippen molar-refractivity contribution in [1.82, 2.24) is 14.9 Å². The van der Waals surface area contributed by atoms with Crippen LogP contribution < -0.4 is 4.90 Å². The van der Waals surface area contributed by atoms with Crippen LogP contribution in [0.2, 0.25) is 0 Å². The Bertz CT molecular complexity index is 388. The van der Waals surface area contributed by atoms with E-state index in [4.69, 9.17) is 5.11 Å². The third-order valence-electron chi connectivity index (χ3n) is 4.14. The van der Waals surface area contributed by atoms with Crippen molar-refractivity contribution in [2.75, 3.05) is 31.1 Å².